The molecule has 4 unspecified atom stereocenters. The number of amides is 2. The number of azide groups is 1. The summed E-state index contributed by atoms with van der Waals surface area (Å²) < 4.78 is 99.8. The normalized spacial score (nSPS) is 34.8. The molecule has 0 radical (unpaired) electrons. The van der Waals surface area contributed by atoms with E-state index in [1.165, 1.54) is 6.92 Å². The third kappa shape index (κ3) is 8.34. The number of carbonyl (C=O) groups is 3. The predicted octanol–water partition coefficient (Wildman–Crippen LogP) is 2.96. The van der Waals surface area contributed by atoms with E-state index in [9.17, 15) is 40.7 Å². The van der Waals surface area contributed by atoms with E-state index in [0.717, 1.165) is 6.92 Å². The molecule has 18 heteroatoms. The van der Waals surface area contributed by atoms with E-state index in [0.29, 0.717) is 0 Å². The van der Waals surface area contributed by atoms with Crippen molar-refractivity contribution in [3.8, 4) is 0 Å². The maximum atomic E-state index is 13.0. The van der Waals surface area contributed by atoms with Crippen LogP contribution in [0.2, 0.25) is 0 Å². The summed E-state index contributed by atoms with van der Waals surface area (Å²) in [4.78, 5) is 37.5. The average molecular weight is 592 g/mol. The second-order valence-electron chi connectivity index (χ2n) is 9.87. The highest BCUT2D eigenvalue weighted by Crippen LogP contribution is 2.35. The van der Waals surface area contributed by atoms with Gasteiger partial charge < -0.3 is 29.6 Å². The van der Waals surface area contributed by atoms with Crippen LogP contribution in [0.3, 0.4) is 0 Å². The van der Waals surface area contributed by atoms with E-state index < -0.39 is 97.3 Å². The highest BCUT2D eigenvalue weighted by atomic mass is 19.4. The number of rotatable bonds is 8. The number of nitrogens with one attached hydrogen (secondary N) is 2. The van der Waals surface area contributed by atoms with Crippen LogP contribution in [-0.2, 0) is 33.3 Å². The van der Waals surface area contributed by atoms with Gasteiger partial charge in [0, 0.05) is 11.8 Å². The second-order valence-corrected chi connectivity index (χ2v) is 9.87. The van der Waals surface area contributed by atoms with Gasteiger partial charge in [0.15, 0.2) is 6.29 Å². The van der Waals surface area contributed by atoms with Crippen molar-refractivity contribution in [2.45, 2.75) is 83.8 Å². The number of ether oxygens (including phenoxy) is 4. The Morgan fingerprint density at radius 2 is 1.27 bits per heavy atom. The van der Waals surface area contributed by atoms with E-state index in [1.54, 1.807) is 26.1 Å². The van der Waals surface area contributed by atoms with Gasteiger partial charge in [-0.3, -0.25) is 14.4 Å². The monoisotopic (exact) mass is 591 g/mol. The molecule has 40 heavy (non-hydrogen) atoms. The molecule has 0 aliphatic carbocycles. The van der Waals surface area contributed by atoms with Gasteiger partial charge in [0.25, 0.3) is 0 Å². The number of carbonyl (C=O) groups excluding carboxylic acids is 3. The molecule has 0 aromatic carbocycles. The smallest absolute Gasteiger partial charge is 0.434 e. The summed E-state index contributed by atoms with van der Waals surface area (Å²) in [5, 5.41) is 7.09. The van der Waals surface area contributed by atoms with Gasteiger partial charge in [0.05, 0.1) is 37.4 Å². The fourth-order valence-corrected chi connectivity index (χ4v) is 4.57. The van der Waals surface area contributed by atoms with Gasteiger partial charge in [0.1, 0.15) is 0 Å². The zero-order valence-electron chi connectivity index (χ0n) is 22.2. The first-order chi connectivity index (χ1) is 18.4. The number of hydrogen-bond acceptors (Lipinski definition) is 8. The molecule has 2 aliphatic heterocycles. The molecule has 2 saturated heterocycles. The van der Waals surface area contributed by atoms with Gasteiger partial charge in [-0.05, 0) is 29.2 Å². The first kappa shape index (κ1) is 33.4. The summed E-state index contributed by atoms with van der Waals surface area (Å²) in [6, 6.07) is -2.69. The van der Waals surface area contributed by atoms with Gasteiger partial charge in [0.2, 0.25) is 6.29 Å². The largest absolute Gasteiger partial charge is 0.471 e. The highest BCUT2D eigenvalue weighted by Gasteiger charge is 2.50. The molecule has 10 atom stereocenters. The van der Waals surface area contributed by atoms with Gasteiger partial charge in [-0.15, -0.1) is 0 Å². The van der Waals surface area contributed by atoms with Crippen LogP contribution in [0.5, 0.6) is 0 Å². The molecule has 2 N–H and O–H groups in total. The molecule has 0 aromatic rings. The molecular weight excluding hydrogens is 560 g/mol. The fourth-order valence-electron chi connectivity index (χ4n) is 4.57. The lowest BCUT2D eigenvalue weighted by molar-refractivity contribution is -0.273. The third-order valence-corrected chi connectivity index (χ3v) is 7.31. The second kappa shape index (κ2) is 13.2. The van der Waals surface area contributed by atoms with Crippen molar-refractivity contribution < 1.29 is 59.7 Å². The summed E-state index contributed by atoms with van der Waals surface area (Å²) in [7, 11) is 0. The van der Waals surface area contributed by atoms with Gasteiger partial charge >= 0.3 is 30.1 Å². The topological polar surface area (TPSA) is 161 Å². The number of halogens is 6. The Morgan fingerprint density at radius 1 is 0.825 bits per heavy atom. The molecular formula is C22H31F6N5O7. The fraction of sp³-hybridized carbons (Fsp3) is 0.864. The molecule has 2 amide bonds. The van der Waals surface area contributed by atoms with Crippen LogP contribution in [0.25, 0.3) is 10.4 Å². The molecule has 2 fully saturated rings. The van der Waals surface area contributed by atoms with E-state index in [4.69, 9.17) is 24.5 Å². The van der Waals surface area contributed by atoms with Crippen LogP contribution >= 0.6 is 0 Å². The van der Waals surface area contributed by atoms with E-state index in [1.807, 2.05) is 5.32 Å². The van der Waals surface area contributed by atoms with Crippen LogP contribution in [-0.4, -0.2) is 80.2 Å². The van der Waals surface area contributed by atoms with Crippen molar-refractivity contribution in [3.05, 3.63) is 10.4 Å². The molecule has 0 spiro atoms. The van der Waals surface area contributed by atoms with Crippen molar-refractivity contribution in [1.29, 1.82) is 0 Å². The molecule has 228 valence electrons. The third-order valence-electron chi connectivity index (χ3n) is 7.31. The Balaban J connectivity index is 2.26. The summed E-state index contributed by atoms with van der Waals surface area (Å²) in [5.74, 6) is -7.91. The van der Waals surface area contributed by atoms with Gasteiger partial charge in [-0.25, -0.2) is 0 Å². The summed E-state index contributed by atoms with van der Waals surface area (Å²) in [6.07, 6.45) is -15.3. The lowest BCUT2D eigenvalue weighted by Gasteiger charge is -2.46. The Kier molecular flexibility index (Phi) is 11.0. The number of hydrogen-bond donors (Lipinski definition) is 2. The van der Waals surface area contributed by atoms with E-state index >= 15 is 0 Å². The zero-order valence-corrected chi connectivity index (χ0v) is 22.2. The Labute approximate surface area is 225 Å². The van der Waals surface area contributed by atoms with Crippen LogP contribution in [0, 0.1) is 23.7 Å². The van der Waals surface area contributed by atoms with Crippen molar-refractivity contribution in [3.63, 3.8) is 0 Å². The molecule has 2 rings (SSSR count). The average Bonchev–Trinajstić information content (AvgIpc) is 2.84. The minimum absolute atomic E-state index is 0.176. The first-order valence-electron chi connectivity index (χ1n) is 12.2. The molecule has 0 saturated carbocycles. The summed E-state index contributed by atoms with van der Waals surface area (Å²) in [5.41, 5.74) is 8.66. The maximum Gasteiger partial charge on any atom is 0.471 e. The maximum absolute atomic E-state index is 13.0. The Morgan fingerprint density at radius 3 is 1.73 bits per heavy atom. The molecule has 2 aliphatic rings. The Hall–Kier alpha value is -2.82. The standard InChI is InChI=1S/C22H31F6N5O7/c1-8-10(3)15(31-19(35)21(23,24)25)17(39-13(8)6-30-33-29)37-7-14-9(2)11(4)16(18(40-14)38-12(5)34)32-20(36)22(26,27)28/h8-11,13-18H,6-7H2,1-5H3,(H,31,35)(H,32,36)/t8-,9-,10-,11-,13?,14?,15?,16?,17+,18+/m0/s1. The number of alkyl halides is 6. The minimum Gasteiger partial charge on any atom is -0.434 e. The zero-order chi connectivity index (χ0) is 30.6. The lowest BCUT2D eigenvalue weighted by Crippen LogP contribution is -2.62. The van der Waals surface area contributed by atoms with Crippen molar-refractivity contribution in [2.75, 3.05) is 13.2 Å². The molecule has 2 heterocycles. The number of nitrogens with zero attached hydrogens (tertiary/aromatic N) is 3. The van der Waals surface area contributed by atoms with Crippen LogP contribution in [0.15, 0.2) is 5.11 Å². The highest BCUT2D eigenvalue weighted by molar-refractivity contribution is 5.82. The van der Waals surface area contributed by atoms with Crippen LogP contribution in [0.4, 0.5) is 26.3 Å². The van der Waals surface area contributed by atoms with E-state index in [-0.39, 0.29) is 6.54 Å². The van der Waals surface area contributed by atoms with Crippen molar-refractivity contribution in [2.24, 2.45) is 28.8 Å². The van der Waals surface area contributed by atoms with Gasteiger partial charge in [-0.1, -0.05) is 32.8 Å². The van der Waals surface area contributed by atoms with Crippen molar-refractivity contribution >= 4 is 17.8 Å². The number of esters is 1. The van der Waals surface area contributed by atoms with Crippen molar-refractivity contribution in [1.82, 2.24) is 10.6 Å². The SMILES string of the molecule is CC(=O)O[C@@H]1OC(CO[C@@H]2OC(CN=[N+]=[N-])[C@@H](C)[C@H](C)C2NC(=O)C(F)(F)F)[C@@H](C)[C@H](C)C1NC(=O)C(F)(F)F. The lowest BCUT2D eigenvalue weighted by atomic mass is 9.81. The molecule has 12 nitrogen and oxygen atoms in total. The molecule has 0 aromatic heterocycles. The van der Waals surface area contributed by atoms with Crippen LogP contribution in [0.1, 0.15) is 34.6 Å². The minimum atomic E-state index is -5.21. The van der Waals surface area contributed by atoms with Crippen LogP contribution < -0.4 is 10.6 Å². The summed E-state index contributed by atoms with van der Waals surface area (Å²) in [6.45, 7) is 6.64. The quantitative estimate of drug-likeness (QED) is 0.144. The summed E-state index contributed by atoms with van der Waals surface area (Å²) >= 11 is 0. The van der Waals surface area contributed by atoms with Gasteiger partial charge in [-0.2, -0.15) is 26.3 Å². The van der Waals surface area contributed by atoms with E-state index in [2.05, 4.69) is 10.0 Å². The Bertz CT molecular complexity index is 977. The predicted molar refractivity (Wildman–Crippen MR) is 122 cm³/mol. The first-order valence-corrected chi connectivity index (χ1v) is 12.2. The molecule has 0 bridgehead atoms.